The molecule has 2 aromatic rings. The van der Waals surface area contributed by atoms with Crippen molar-refractivity contribution in [1.82, 2.24) is 19.5 Å². The molecule has 0 radical (unpaired) electrons. The van der Waals surface area contributed by atoms with Gasteiger partial charge in [-0.25, -0.2) is 22.8 Å². The van der Waals surface area contributed by atoms with Gasteiger partial charge in [0.05, 0.1) is 10.9 Å². The van der Waals surface area contributed by atoms with Gasteiger partial charge in [0.25, 0.3) is 0 Å². The Hall–Kier alpha value is -1.73. The van der Waals surface area contributed by atoms with Crippen molar-refractivity contribution in [2.75, 3.05) is 6.54 Å². The molecule has 0 aliphatic heterocycles. The Kier molecular flexibility index (Phi) is 3.96. The van der Waals surface area contributed by atoms with Gasteiger partial charge in [0.15, 0.2) is 0 Å². The first-order valence-corrected chi connectivity index (χ1v) is 7.38. The van der Waals surface area contributed by atoms with Crippen LogP contribution in [0.4, 0.5) is 0 Å². The predicted molar refractivity (Wildman–Crippen MR) is 71.1 cm³/mol. The van der Waals surface area contributed by atoms with Crippen LogP contribution in [0.3, 0.4) is 0 Å². The minimum absolute atomic E-state index is 0.0947. The van der Waals surface area contributed by atoms with Gasteiger partial charge in [-0.3, -0.25) is 0 Å². The van der Waals surface area contributed by atoms with Gasteiger partial charge >= 0.3 is 0 Å². The molecule has 7 heteroatoms. The average Bonchev–Trinajstić information content (AvgIpc) is 2.90. The standard InChI is InChI=1S/C12H16N4O2S/c1-10-3-5-12(6-4-10)19(17,18)15-7-11(2)16-9-13-8-14-16/h3-6,8-9,11,15H,7H2,1-2H3/t11-/m1/s1. The number of benzene rings is 1. The summed E-state index contributed by atoms with van der Waals surface area (Å²) in [4.78, 5) is 4.10. The highest BCUT2D eigenvalue weighted by atomic mass is 32.2. The molecule has 1 aromatic carbocycles. The van der Waals surface area contributed by atoms with Gasteiger partial charge in [0.2, 0.25) is 10.0 Å². The topological polar surface area (TPSA) is 76.9 Å². The van der Waals surface area contributed by atoms with Crippen LogP contribution in [0.15, 0.2) is 41.8 Å². The maximum atomic E-state index is 12.1. The molecule has 2 rings (SSSR count). The van der Waals surface area contributed by atoms with E-state index in [0.717, 1.165) is 5.56 Å². The third kappa shape index (κ3) is 3.39. The van der Waals surface area contributed by atoms with E-state index >= 15 is 0 Å². The fraction of sp³-hybridized carbons (Fsp3) is 0.333. The Morgan fingerprint density at radius 2 is 2.00 bits per heavy atom. The summed E-state index contributed by atoms with van der Waals surface area (Å²) in [5, 5.41) is 3.97. The van der Waals surface area contributed by atoms with Gasteiger partial charge in [-0.2, -0.15) is 5.10 Å². The fourth-order valence-corrected chi connectivity index (χ4v) is 2.69. The smallest absolute Gasteiger partial charge is 0.240 e. The van der Waals surface area contributed by atoms with E-state index in [1.807, 2.05) is 13.8 Å². The summed E-state index contributed by atoms with van der Waals surface area (Å²) in [5.41, 5.74) is 1.02. The minimum atomic E-state index is -3.47. The largest absolute Gasteiger partial charge is 0.249 e. The second kappa shape index (κ2) is 5.50. The number of hydrogen-bond donors (Lipinski definition) is 1. The van der Waals surface area contributed by atoms with Crippen molar-refractivity contribution in [3.63, 3.8) is 0 Å². The SMILES string of the molecule is Cc1ccc(S(=O)(=O)NC[C@@H](C)n2cncn2)cc1. The van der Waals surface area contributed by atoms with Crippen molar-refractivity contribution in [1.29, 1.82) is 0 Å². The Bertz CT molecular complexity index is 620. The van der Waals surface area contributed by atoms with E-state index < -0.39 is 10.0 Å². The zero-order valence-corrected chi connectivity index (χ0v) is 11.6. The number of nitrogens with zero attached hydrogens (tertiary/aromatic N) is 3. The van der Waals surface area contributed by atoms with Crippen molar-refractivity contribution in [2.45, 2.75) is 24.8 Å². The molecule has 1 N–H and O–H groups in total. The molecule has 0 aliphatic carbocycles. The van der Waals surface area contributed by atoms with Crippen molar-refractivity contribution in [2.24, 2.45) is 0 Å². The summed E-state index contributed by atoms with van der Waals surface area (Å²) >= 11 is 0. The third-order valence-electron chi connectivity index (χ3n) is 2.79. The molecule has 0 saturated carbocycles. The molecule has 19 heavy (non-hydrogen) atoms. The lowest BCUT2D eigenvalue weighted by Crippen LogP contribution is -2.29. The molecule has 1 atom stereocenters. The maximum absolute atomic E-state index is 12.1. The summed E-state index contributed by atoms with van der Waals surface area (Å²) in [6.45, 7) is 4.04. The van der Waals surface area contributed by atoms with Gasteiger partial charge in [0.1, 0.15) is 12.7 Å². The number of sulfonamides is 1. The second-order valence-corrected chi connectivity index (χ2v) is 6.16. The summed E-state index contributed by atoms with van der Waals surface area (Å²) in [6, 6.07) is 6.64. The molecule has 0 saturated heterocycles. The van der Waals surface area contributed by atoms with E-state index in [4.69, 9.17) is 0 Å². The predicted octanol–water partition coefficient (Wildman–Crippen LogP) is 1.13. The van der Waals surface area contributed by atoms with E-state index in [1.54, 1.807) is 35.3 Å². The number of aromatic nitrogens is 3. The average molecular weight is 280 g/mol. The summed E-state index contributed by atoms with van der Waals surface area (Å²) in [5.74, 6) is 0. The molecule has 0 fully saturated rings. The van der Waals surface area contributed by atoms with Crippen LogP contribution in [0.5, 0.6) is 0 Å². The highest BCUT2D eigenvalue weighted by Crippen LogP contribution is 2.10. The lowest BCUT2D eigenvalue weighted by atomic mass is 10.2. The molecular formula is C12H16N4O2S. The van der Waals surface area contributed by atoms with Crippen LogP contribution in [0, 0.1) is 6.92 Å². The molecular weight excluding hydrogens is 264 g/mol. The maximum Gasteiger partial charge on any atom is 0.240 e. The van der Waals surface area contributed by atoms with Crippen LogP contribution in [0.1, 0.15) is 18.5 Å². The Labute approximate surface area is 112 Å². The lowest BCUT2D eigenvalue weighted by molar-refractivity contribution is 0.478. The number of aryl methyl sites for hydroxylation is 1. The quantitative estimate of drug-likeness (QED) is 0.890. The Balaban J connectivity index is 2.04. The first-order valence-electron chi connectivity index (χ1n) is 5.89. The van der Waals surface area contributed by atoms with E-state index in [-0.39, 0.29) is 17.5 Å². The Morgan fingerprint density at radius 1 is 1.32 bits per heavy atom. The van der Waals surface area contributed by atoms with Crippen LogP contribution in [0.2, 0.25) is 0 Å². The zero-order valence-electron chi connectivity index (χ0n) is 10.8. The third-order valence-corrected chi connectivity index (χ3v) is 4.23. The molecule has 0 aliphatic rings. The van der Waals surface area contributed by atoms with Gasteiger partial charge in [-0.05, 0) is 26.0 Å². The first kappa shape index (κ1) is 13.7. The van der Waals surface area contributed by atoms with Crippen LogP contribution in [-0.4, -0.2) is 29.7 Å². The number of nitrogens with one attached hydrogen (secondary N) is 1. The van der Waals surface area contributed by atoms with Gasteiger partial charge < -0.3 is 0 Å². The Morgan fingerprint density at radius 3 is 2.58 bits per heavy atom. The van der Waals surface area contributed by atoms with Crippen molar-refractivity contribution < 1.29 is 8.42 Å². The van der Waals surface area contributed by atoms with Crippen LogP contribution < -0.4 is 4.72 Å². The first-order chi connectivity index (χ1) is 8.99. The highest BCUT2D eigenvalue weighted by Gasteiger charge is 2.15. The lowest BCUT2D eigenvalue weighted by Gasteiger charge is -2.13. The van der Waals surface area contributed by atoms with Crippen LogP contribution in [-0.2, 0) is 10.0 Å². The highest BCUT2D eigenvalue weighted by molar-refractivity contribution is 7.89. The van der Waals surface area contributed by atoms with Crippen LogP contribution in [0.25, 0.3) is 0 Å². The van der Waals surface area contributed by atoms with Crippen molar-refractivity contribution >= 4 is 10.0 Å². The number of hydrogen-bond acceptors (Lipinski definition) is 4. The molecule has 0 unspecified atom stereocenters. The second-order valence-electron chi connectivity index (χ2n) is 4.39. The van der Waals surface area contributed by atoms with Gasteiger partial charge in [-0.1, -0.05) is 17.7 Å². The molecule has 0 spiro atoms. The fourth-order valence-electron chi connectivity index (χ4n) is 1.57. The summed E-state index contributed by atoms with van der Waals surface area (Å²) < 4.78 is 28.3. The molecule has 0 bridgehead atoms. The summed E-state index contributed by atoms with van der Waals surface area (Å²) in [6.07, 6.45) is 2.98. The summed E-state index contributed by atoms with van der Waals surface area (Å²) in [7, 11) is -3.47. The van der Waals surface area contributed by atoms with Crippen molar-refractivity contribution in [3.05, 3.63) is 42.5 Å². The zero-order chi connectivity index (χ0) is 13.9. The van der Waals surface area contributed by atoms with Crippen LogP contribution >= 0.6 is 0 Å². The minimum Gasteiger partial charge on any atom is -0.249 e. The van der Waals surface area contributed by atoms with Crippen molar-refractivity contribution in [3.8, 4) is 0 Å². The van der Waals surface area contributed by atoms with E-state index in [2.05, 4.69) is 14.8 Å². The van der Waals surface area contributed by atoms with E-state index in [9.17, 15) is 8.42 Å². The molecule has 6 nitrogen and oxygen atoms in total. The molecule has 1 heterocycles. The monoisotopic (exact) mass is 280 g/mol. The van der Waals surface area contributed by atoms with Gasteiger partial charge in [-0.15, -0.1) is 0 Å². The molecule has 0 amide bonds. The van der Waals surface area contributed by atoms with E-state index in [0.29, 0.717) is 0 Å². The molecule has 1 aromatic heterocycles. The normalized spacial score (nSPS) is 13.4. The van der Waals surface area contributed by atoms with E-state index in [1.165, 1.54) is 6.33 Å². The molecule has 102 valence electrons. The number of rotatable bonds is 5. The van der Waals surface area contributed by atoms with Gasteiger partial charge in [0, 0.05) is 6.54 Å².